The van der Waals surface area contributed by atoms with Gasteiger partial charge in [0.25, 0.3) is 11.6 Å². The number of benzene rings is 2. The fraction of sp³-hybridized carbons (Fsp3) is 0.235. The quantitative estimate of drug-likeness (QED) is 0.502. The molecule has 0 heterocycles. The lowest BCUT2D eigenvalue weighted by Gasteiger charge is -2.18. The Kier molecular flexibility index (Phi) is 4.95. The zero-order valence-electron chi connectivity index (χ0n) is 13.1. The van der Waals surface area contributed by atoms with Gasteiger partial charge in [-0.15, -0.1) is 0 Å². The summed E-state index contributed by atoms with van der Waals surface area (Å²) in [6, 6.07) is 11.8. The molecule has 0 bridgehead atoms. The fourth-order valence-corrected chi connectivity index (χ4v) is 2.30. The predicted octanol–water partition coefficient (Wildman–Crippen LogP) is 3.37. The van der Waals surface area contributed by atoms with Crippen LogP contribution in [-0.2, 0) is 0 Å². The molecule has 0 fully saturated rings. The molecule has 1 atom stereocenters. The molecular formula is C17H19N3O3. The van der Waals surface area contributed by atoms with E-state index in [4.69, 9.17) is 5.73 Å². The third-order valence-corrected chi connectivity index (χ3v) is 3.68. The normalized spacial score (nSPS) is 11.7. The van der Waals surface area contributed by atoms with Gasteiger partial charge in [-0.05, 0) is 31.0 Å². The summed E-state index contributed by atoms with van der Waals surface area (Å²) in [7, 11) is 0. The number of nitrogens with one attached hydrogen (secondary N) is 1. The number of rotatable bonds is 5. The maximum atomic E-state index is 12.4. The Hall–Kier alpha value is -2.89. The molecule has 120 valence electrons. The number of nitro groups is 1. The summed E-state index contributed by atoms with van der Waals surface area (Å²) in [6.07, 6.45) is 0.714. The Morgan fingerprint density at radius 1 is 1.26 bits per heavy atom. The molecule has 0 saturated heterocycles. The zero-order valence-corrected chi connectivity index (χ0v) is 13.1. The standard InChI is InChI=1S/C17H19N3O3/c1-3-15(12-6-4-11(2)5-7-12)19-17(21)13-8-9-14(18)16(10-13)20(22)23/h4-10,15H,3,18H2,1-2H3,(H,19,21). The molecule has 2 rings (SSSR count). The predicted molar refractivity (Wildman–Crippen MR) is 89.2 cm³/mol. The summed E-state index contributed by atoms with van der Waals surface area (Å²) in [4.78, 5) is 22.7. The summed E-state index contributed by atoms with van der Waals surface area (Å²) in [5, 5.41) is 13.8. The molecule has 0 saturated carbocycles. The third kappa shape index (κ3) is 3.85. The van der Waals surface area contributed by atoms with E-state index in [0.717, 1.165) is 11.1 Å². The summed E-state index contributed by atoms with van der Waals surface area (Å²) < 4.78 is 0. The van der Waals surface area contributed by atoms with Gasteiger partial charge in [-0.3, -0.25) is 14.9 Å². The molecule has 1 unspecified atom stereocenters. The molecule has 0 aliphatic carbocycles. The maximum Gasteiger partial charge on any atom is 0.292 e. The number of hydrogen-bond donors (Lipinski definition) is 2. The van der Waals surface area contributed by atoms with Crippen LogP contribution in [0.25, 0.3) is 0 Å². The minimum atomic E-state index is -0.594. The number of aryl methyl sites for hydroxylation is 1. The van der Waals surface area contributed by atoms with E-state index in [9.17, 15) is 14.9 Å². The van der Waals surface area contributed by atoms with Gasteiger partial charge in [0.2, 0.25) is 0 Å². The number of anilines is 1. The van der Waals surface area contributed by atoms with Gasteiger partial charge in [0, 0.05) is 11.6 Å². The number of carbonyl (C=O) groups is 1. The van der Waals surface area contributed by atoms with Crippen molar-refractivity contribution >= 4 is 17.3 Å². The number of nitrogen functional groups attached to an aromatic ring is 1. The van der Waals surface area contributed by atoms with Crippen LogP contribution in [0.3, 0.4) is 0 Å². The van der Waals surface area contributed by atoms with Gasteiger partial charge in [-0.2, -0.15) is 0 Å². The van der Waals surface area contributed by atoms with Crippen molar-refractivity contribution in [1.29, 1.82) is 0 Å². The molecule has 3 N–H and O–H groups in total. The van der Waals surface area contributed by atoms with Crippen LogP contribution in [0.5, 0.6) is 0 Å². The molecular weight excluding hydrogens is 294 g/mol. The van der Waals surface area contributed by atoms with E-state index in [1.807, 2.05) is 38.1 Å². The van der Waals surface area contributed by atoms with Crippen molar-refractivity contribution in [3.05, 3.63) is 69.3 Å². The minimum absolute atomic E-state index is 0.0390. The number of amides is 1. The van der Waals surface area contributed by atoms with Gasteiger partial charge in [0.1, 0.15) is 5.69 Å². The smallest absolute Gasteiger partial charge is 0.292 e. The lowest BCUT2D eigenvalue weighted by Crippen LogP contribution is -2.28. The highest BCUT2D eigenvalue weighted by Crippen LogP contribution is 2.23. The van der Waals surface area contributed by atoms with Gasteiger partial charge in [-0.25, -0.2) is 0 Å². The second-order valence-electron chi connectivity index (χ2n) is 5.38. The van der Waals surface area contributed by atoms with Crippen LogP contribution in [-0.4, -0.2) is 10.8 Å². The van der Waals surface area contributed by atoms with Crippen LogP contribution in [0.2, 0.25) is 0 Å². The number of nitrogens with zero attached hydrogens (tertiary/aromatic N) is 1. The topological polar surface area (TPSA) is 98.3 Å². The van der Waals surface area contributed by atoms with Crippen molar-refractivity contribution in [1.82, 2.24) is 5.32 Å². The molecule has 0 aliphatic rings. The van der Waals surface area contributed by atoms with Crippen molar-refractivity contribution in [2.24, 2.45) is 0 Å². The highest BCUT2D eigenvalue weighted by molar-refractivity contribution is 5.95. The second kappa shape index (κ2) is 6.91. The van der Waals surface area contributed by atoms with Crippen molar-refractivity contribution in [2.45, 2.75) is 26.3 Å². The van der Waals surface area contributed by atoms with E-state index < -0.39 is 4.92 Å². The van der Waals surface area contributed by atoms with E-state index in [2.05, 4.69) is 5.32 Å². The molecule has 1 amide bonds. The summed E-state index contributed by atoms with van der Waals surface area (Å²) in [5.74, 6) is -0.361. The molecule has 23 heavy (non-hydrogen) atoms. The highest BCUT2D eigenvalue weighted by Gasteiger charge is 2.18. The van der Waals surface area contributed by atoms with Crippen molar-refractivity contribution in [3.63, 3.8) is 0 Å². The Morgan fingerprint density at radius 3 is 2.48 bits per heavy atom. The number of carbonyl (C=O) groups excluding carboxylic acids is 1. The minimum Gasteiger partial charge on any atom is -0.393 e. The van der Waals surface area contributed by atoms with Crippen molar-refractivity contribution in [2.75, 3.05) is 5.73 Å². The number of nitro benzene ring substituents is 1. The largest absolute Gasteiger partial charge is 0.393 e. The average molecular weight is 313 g/mol. The van der Waals surface area contributed by atoms with E-state index >= 15 is 0 Å². The molecule has 6 heteroatoms. The van der Waals surface area contributed by atoms with Crippen molar-refractivity contribution in [3.8, 4) is 0 Å². The first-order chi connectivity index (χ1) is 10.9. The fourth-order valence-electron chi connectivity index (χ4n) is 2.30. The molecule has 0 aromatic heterocycles. The lowest BCUT2D eigenvalue weighted by atomic mass is 10.0. The highest BCUT2D eigenvalue weighted by atomic mass is 16.6. The Morgan fingerprint density at radius 2 is 1.91 bits per heavy atom. The van der Waals surface area contributed by atoms with Crippen LogP contribution in [0.15, 0.2) is 42.5 Å². The summed E-state index contributed by atoms with van der Waals surface area (Å²) in [5.41, 5.74) is 7.68. The van der Waals surface area contributed by atoms with Crippen LogP contribution in [0.4, 0.5) is 11.4 Å². The first-order valence-corrected chi connectivity index (χ1v) is 7.33. The molecule has 2 aromatic rings. The molecule has 0 aliphatic heterocycles. The molecule has 0 radical (unpaired) electrons. The number of hydrogen-bond acceptors (Lipinski definition) is 4. The van der Waals surface area contributed by atoms with Gasteiger partial charge < -0.3 is 11.1 Å². The Bertz CT molecular complexity index is 726. The van der Waals surface area contributed by atoms with Crippen LogP contribution in [0, 0.1) is 17.0 Å². The summed E-state index contributed by atoms with van der Waals surface area (Å²) in [6.45, 7) is 3.97. The van der Waals surface area contributed by atoms with Crippen LogP contribution in [0.1, 0.15) is 40.9 Å². The van der Waals surface area contributed by atoms with Crippen LogP contribution < -0.4 is 11.1 Å². The average Bonchev–Trinajstić information content (AvgIpc) is 2.53. The van der Waals surface area contributed by atoms with E-state index in [-0.39, 0.29) is 28.9 Å². The Labute approximate surface area is 134 Å². The SMILES string of the molecule is CCC(NC(=O)c1ccc(N)c([N+](=O)[O-])c1)c1ccc(C)cc1. The van der Waals surface area contributed by atoms with E-state index in [1.54, 1.807) is 0 Å². The second-order valence-corrected chi connectivity index (χ2v) is 5.38. The van der Waals surface area contributed by atoms with Crippen LogP contribution >= 0.6 is 0 Å². The van der Waals surface area contributed by atoms with Gasteiger partial charge in [-0.1, -0.05) is 36.8 Å². The van der Waals surface area contributed by atoms with E-state index in [0.29, 0.717) is 6.42 Å². The number of nitrogens with two attached hydrogens (primary N) is 1. The first kappa shape index (κ1) is 16.5. The monoisotopic (exact) mass is 313 g/mol. The molecule has 0 spiro atoms. The third-order valence-electron chi connectivity index (χ3n) is 3.68. The van der Waals surface area contributed by atoms with E-state index in [1.165, 1.54) is 18.2 Å². The first-order valence-electron chi connectivity index (χ1n) is 7.33. The van der Waals surface area contributed by atoms with Crippen molar-refractivity contribution < 1.29 is 9.72 Å². The van der Waals surface area contributed by atoms with Gasteiger partial charge in [0.05, 0.1) is 11.0 Å². The molecule has 2 aromatic carbocycles. The lowest BCUT2D eigenvalue weighted by molar-refractivity contribution is -0.383. The summed E-state index contributed by atoms with van der Waals surface area (Å²) >= 11 is 0. The molecule has 6 nitrogen and oxygen atoms in total. The Balaban J connectivity index is 2.21. The van der Waals surface area contributed by atoms with Gasteiger partial charge >= 0.3 is 0 Å². The zero-order chi connectivity index (χ0) is 17.0. The maximum absolute atomic E-state index is 12.4. The van der Waals surface area contributed by atoms with Gasteiger partial charge in [0.15, 0.2) is 0 Å².